The van der Waals surface area contributed by atoms with Crippen molar-refractivity contribution in [2.45, 2.75) is 311 Å². The van der Waals surface area contributed by atoms with Gasteiger partial charge in [-0.15, -0.1) is 79.4 Å². The molecule has 0 aliphatic carbocycles. The van der Waals surface area contributed by atoms with Crippen molar-refractivity contribution < 1.29 is 9.59 Å². The van der Waals surface area contributed by atoms with E-state index < -0.39 is 0 Å². The standard InChI is InChI=1S/C86H118N2O2S11/c1-9-15-21-27-33-39-45-61-53-67(59-75-83(89)87(7)85(91)100-75)93-79(61)71-57-65(49-43-37-31-25-19-13-5)81(98-71)73-55-63(47-41-35-29-23-17-11-3)77(96-73)69-51-52-70(95-69)78-64(48-42-36-30-24-18-12-4)56-74(97-78)82-66(50-44-38-32-26-20-14-6)58-72(99-82)80-62(46-40-34-28-22-16-10-2)54-68(94-80)60-76-84(90)88(8)86(92)101-76/h51-60H,9-50H2,1-8H3/b75-59+,76-60+. The summed E-state index contributed by atoms with van der Waals surface area (Å²) in [6.07, 6.45) is 56.9. The highest BCUT2D eigenvalue weighted by Crippen LogP contribution is 2.53. The Hall–Kier alpha value is -2.80. The maximum absolute atomic E-state index is 13.4. The maximum atomic E-state index is 13.4. The van der Waals surface area contributed by atoms with Gasteiger partial charge >= 0.3 is 0 Å². The minimum Gasteiger partial charge on any atom is -0.296 e. The summed E-state index contributed by atoms with van der Waals surface area (Å²) in [5.74, 6) is 0.0178. The molecule has 2 amide bonds. The van der Waals surface area contributed by atoms with Crippen LogP contribution < -0.4 is 0 Å². The normalized spacial score (nSPS) is 14.4. The lowest BCUT2D eigenvalue weighted by Gasteiger charge is -2.04. The molecule has 2 fully saturated rings. The van der Waals surface area contributed by atoms with Crippen molar-refractivity contribution in [2.24, 2.45) is 0 Å². The van der Waals surface area contributed by atoms with E-state index in [0.29, 0.717) is 8.64 Å². The minimum atomic E-state index is 0.00888. The molecule has 2 saturated heterocycles. The molecular weight excluding hydrogens is 1450 g/mol. The largest absolute Gasteiger partial charge is 0.296 e. The molecule has 0 atom stereocenters. The number of carbonyl (C=O) groups excluding carboxylic acids is 2. The van der Waals surface area contributed by atoms with E-state index in [1.54, 1.807) is 23.9 Å². The van der Waals surface area contributed by atoms with E-state index in [4.69, 9.17) is 24.4 Å². The van der Waals surface area contributed by atoms with Crippen LogP contribution in [0.2, 0.25) is 0 Å². The van der Waals surface area contributed by atoms with Gasteiger partial charge in [0.15, 0.2) is 0 Å². The molecule has 7 aromatic heterocycles. The second-order valence-corrected chi connectivity index (χ2v) is 39.4. The lowest BCUT2D eigenvalue weighted by Crippen LogP contribution is -2.22. The third-order valence-corrected chi connectivity index (χ3v) is 32.3. The number of rotatable bonds is 50. The highest BCUT2D eigenvalue weighted by Gasteiger charge is 2.32. The average molecular weight is 1560 g/mol. The van der Waals surface area contributed by atoms with Gasteiger partial charge < -0.3 is 0 Å². The van der Waals surface area contributed by atoms with Crippen LogP contribution in [0.3, 0.4) is 0 Å². The Kier molecular flexibility index (Phi) is 36.2. The number of amides is 2. The smallest absolute Gasteiger partial charge is 0.265 e. The number of likely N-dealkylation sites (N-methyl/N-ethyl adjacent to an activating group) is 2. The highest BCUT2D eigenvalue weighted by atomic mass is 32.2. The van der Waals surface area contributed by atoms with Crippen LogP contribution in [0.15, 0.2) is 58.3 Å². The summed E-state index contributed by atoms with van der Waals surface area (Å²) < 4.78 is 1.27. The maximum Gasteiger partial charge on any atom is 0.265 e. The van der Waals surface area contributed by atoms with E-state index in [1.807, 2.05) is 45.3 Å². The first-order chi connectivity index (χ1) is 49.4. The van der Waals surface area contributed by atoms with Gasteiger partial charge in [-0.3, -0.25) is 19.4 Å². The summed E-state index contributed by atoms with van der Waals surface area (Å²) in [5, 5.41) is 0. The Bertz CT molecular complexity index is 3530. The first kappa shape index (κ1) is 82.3. The summed E-state index contributed by atoms with van der Waals surface area (Å²) >= 11 is 28.1. The Morgan fingerprint density at radius 3 is 0.743 bits per heavy atom. The highest BCUT2D eigenvalue weighted by molar-refractivity contribution is 8.27. The minimum absolute atomic E-state index is 0.00888. The van der Waals surface area contributed by atoms with Crippen molar-refractivity contribution in [1.82, 2.24) is 9.80 Å². The van der Waals surface area contributed by atoms with Crippen LogP contribution in [0.25, 0.3) is 70.7 Å². The summed E-state index contributed by atoms with van der Waals surface area (Å²) in [5.41, 5.74) is 8.95. The van der Waals surface area contributed by atoms with Gasteiger partial charge in [-0.05, 0) is 171 Å². The van der Waals surface area contributed by atoms with Crippen LogP contribution >= 0.6 is 127 Å². The van der Waals surface area contributed by atoms with E-state index >= 15 is 0 Å². The van der Waals surface area contributed by atoms with E-state index in [1.165, 1.54) is 347 Å². The zero-order chi connectivity index (χ0) is 71.3. The summed E-state index contributed by atoms with van der Waals surface area (Å²) in [6, 6.07) is 20.3. The van der Waals surface area contributed by atoms with Crippen LogP contribution in [0.5, 0.6) is 0 Å². The molecule has 4 nitrogen and oxygen atoms in total. The van der Waals surface area contributed by atoms with Crippen molar-refractivity contribution in [3.63, 3.8) is 0 Å². The van der Waals surface area contributed by atoms with E-state index in [0.717, 1.165) is 58.1 Å². The van der Waals surface area contributed by atoms with E-state index in [-0.39, 0.29) is 11.8 Å². The quantitative estimate of drug-likeness (QED) is 0.0215. The molecule has 0 radical (unpaired) electrons. The van der Waals surface area contributed by atoms with Gasteiger partial charge in [-0.1, -0.05) is 282 Å². The fraction of sp³-hybridized carbons (Fsp3) is 0.581. The number of thioether (sulfide) groups is 2. The molecule has 2 aliphatic heterocycles. The number of hydrogen-bond acceptors (Lipinski definition) is 13. The zero-order valence-electron chi connectivity index (χ0n) is 62.7. The fourth-order valence-corrected chi connectivity index (χ4v) is 25.6. The van der Waals surface area contributed by atoms with Crippen LogP contribution in [0.1, 0.15) is 316 Å². The lowest BCUT2D eigenvalue weighted by atomic mass is 10.0. The second-order valence-electron chi connectivity index (χ2n) is 28.6. The number of aryl methyl sites for hydroxylation is 6. The van der Waals surface area contributed by atoms with Gasteiger partial charge in [-0.2, -0.15) is 0 Å². The first-order valence-corrected chi connectivity index (χ1v) is 47.8. The molecule has 9 rings (SSSR count). The third-order valence-electron chi connectivity index (χ3n) is 20.2. The van der Waals surface area contributed by atoms with Crippen LogP contribution in [-0.4, -0.2) is 44.4 Å². The molecular formula is C86H118N2O2S11. The molecule has 0 unspecified atom stereocenters. The zero-order valence-corrected chi connectivity index (χ0v) is 71.7. The number of hydrogen-bond donors (Lipinski definition) is 0. The Morgan fingerprint density at radius 2 is 0.505 bits per heavy atom. The van der Waals surface area contributed by atoms with Crippen molar-refractivity contribution in [1.29, 1.82) is 0 Å². The summed E-state index contributed by atoms with van der Waals surface area (Å²) in [4.78, 5) is 51.0. The van der Waals surface area contributed by atoms with Gasteiger partial charge in [0, 0.05) is 82.4 Å². The molecule has 15 heteroatoms. The number of unbranched alkanes of at least 4 members (excludes halogenated alkanes) is 30. The van der Waals surface area contributed by atoms with Crippen LogP contribution in [0.4, 0.5) is 0 Å². The molecule has 0 aromatic carbocycles. The van der Waals surface area contributed by atoms with Gasteiger partial charge in [0.1, 0.15) is 8.64 Å². The lowest BCUT2D eigenvalue weighted by molar-refractivity contribution is -0.122. The Labute approximate surface area is 658 Å². The van der Waals surface area contributed by atoms with Crippen molar-refractivity contribution in [3.8, 4) is 58.5 Å². The molecule has 0 spiro atoms. The Morgan fingerprint density at radius 1 is 0.287 bits per heavy atom. The molecule has 7 aromatic rings. The topological polar surface area (TPSA) is 40.6 Å². The molecule has 0 N–H and O–H groups in total. The average Bonchev–Trinajstić information content (AvgIpc) is 1.63. The first-order valence-electron chi connectivity index (χ1n) is 39.7. The van der Waals surface area contributed by atoms with E-state index in [2.05, 4.69) is 136 Å². The number of thiocarbonyl (C=S) groups is 2. The number of nitrogens with zero attached hydrogens (tertiary/aromatic N) is 2. The second kappa shape index (κ2) is 44.5. The molecule has 2 aliphatic rings. The van der Waals surface area contributed by atoms with Crippen LogP contribution in [0, 0.1) is 0 Å². The fourth-order valence-electron chi connectivity index (χ4n) is 14.1. The molecule has 550 valence electrons. The van der Waals surface area contributed by atoms with Crippen LogP contribution in [-0.2, 0) is 48.1 Å². The molecule has 0 bridgehead atoms. The van der Waals surface area contributed by atoms with Crippen molar-refractivity contribution >= 4 is 160 Å². The predicted octanol–water partition coefficient (Wildman–Crippen LogP) is 31.2. The molecule has 9 heterocycles. The van der Waals surface area contributed by atoms with Gasteiger partial charge in [0.2, 0.25) is 0 Å². The SMILES string of the molecule is CCCCCCCCc1cc(/C=C2/SC(=S)N(C)C2=O)sc1-c1cc(CCCCCCCC)c(-c2cc(CCCCCCCC)c(-c3ccc(-c4sc(-c5sc(-c6sc(/C=C7/SC(=S)N(C)C7=O)cc6CCCCCCCC)cc5CCCCCCCC)cc4CCCCCCCC)s3)s2)s1. The molecule has 0 saturated carbocycles. The van der Waals surface area contributed by atoms with Gasteiger partial charge in [0.05, 0.1) is 9.81 Å². The summed E-state index contributed by atoms with van der Waals surface area (Å²) in [6.45, 7) is 13.9. The Balaban J connectivity index is 1.11. The van der Waals surface area contributed by atoms with Crippen molar-refractivity contribution in [2.75, 3.05) is 14.1 Å². The summed E-state index contributed by atoms with van der Waals surface area (Å²) in [7, 11) is 3.61. The number of carbonyl (C=O) groups is 2. The number of thiophene rings is 7. The van der Waals surface area contributed by atoms with Crippen molar-refractivity contribution in [3.05, 3.63) is 101 Å². The third kappa shape index (κ3) is 24.4. The van der Waals surface area contributed by atoms with Gasteiger partial charge in [-0.25, -0.2) is 0 Å². The van der Waals surface area contributed by atoms with Gasteiger partial charge in [0.25, 0.3) is 11.8 Å². The van der Waals surface area contributed by atoms with E-state index in [9.17, 15) is 9.59 Å². The predicted molar refractivity (Wildman–Crippen MR) is 469 cm³/mol. The monoisotopic (exact) mass is 1560 g/mol. The molecule has 101 heavy (non-hydrogen) atoms.